The number of nitrogens with zero attached hydrogens (tertiary/aromatic N) is 1. The summed E-state index contributed by atoms with van der Waals surface area (Å²) in [6, 6.07) is 0. The molecule has 0 spiro atoms. The topological polar surface area (TPSA) is 3.24 Å². The number of rotatable bonds is 5. The number of hydrogen-bond donors (Lipinski definition) is 0. The Kier molecular flexibility index (Phi) is 5.60. The zero-order valence-corrected chi connectivity index (χ0v) is 7.87. The predicted molar refractivity (Wildman–Crippen MR) is 49.3 cm³/mol. The maximum absolute atomic E-state index is 4.63. The molecule has 0 atom stereocenters. The van der Waals surface area contributed by atoms with Crippen molar-refractivity contribution >= 4 is 17.7 Å². The first-order valence-electron chi connectivity index (χ1n) is 3.75. The van der Waals surface area contributed by atoms with Crippen molar-refractivity contribution in [2.75, 3.05) is 13.6 Å². The molecule has 0 N–H and O–H groups in total. The Morgan fingerprint density at radius 1 is 1.50 bits per heavy atom. The van der Waals surface area contributed by atoms with E-state index in [2.05, 4.69) is 31.6 Å². The van der Waals surface area contributed by atoms with Gasteiger partial charge in [-0.3, -0.25) is 0 Å². The van der Waals surface area contributed by atoms with E-state index in [0.29, 0.717) is 0 Å². The average molecular weight is 158 g/mol. The van der Waals surface area contributed by atoms with Crippen molar-refractivity contribution in [3.63, 3.8) is 0 Å². The molecule has 0 aliphatic carbocycles. The first-order chi connectivity index (χ1) is 4.66. The van der Waals surface area contributed by atoms with Crippen molar-refractivity contribution < 1.29 is 0 Å². The predicted octanol–water partition coefficient (Wildman–Crippen LogP) is 2.19. The molecule has 0 bridgehead atoms. The maximum atomic E-state index is 4.63. The third kappa shape index (κ3) is 6.02. The van der Waals surface area contributed by atoms with Gasteiger partial charge in [0.2, 0.25) is 0 Å². The molecule has 0 aromatic carbocycles. The summed E-state index contributed by atoms with van der Waals surface area (Å²) >= 11 is 4.63. The first-order valence-corrected chi connectivity index (χ1v) is 4.16. The van der Waals surface area contributed by atoms with Gasteiger partial charge in [-0.25, -0.2) is 0 Å². The second-order valence-electron chi connectivity index (χ2n) is 3.05. The van der Waals surface area contributed by atoms with Crippen LogP contribution in [0, 0.1) is 5.92 Å². The van der Waals surface area contributed by atoms with Crippen molar-refractivity contribution in [2.45, 2.75) is 26.7 Å². The van der Waals surface area contributed by atoms with Gasteiger partial charge in [-0.15, -0.1) is 0 Å². The Morgan fingerprint density at radius 2 is 2.10 bits per heavy atom. The molecule has 0 aromatic heterocycles. The molecule has 0 unspecified atom stereocenters. The smallest absolute Gasteiger partial charge is 0.136 e. The van der Waals surface area contributed by atoms with Crippen molar-refractivity contribution in [3.05, 3.63) is 0 Å². The van der Waals surface area contributed by atoms with Gasteiger partial charge >= 0.3 is 0 Å². The highest BCUT2D eigenvalue weighted by molar-refractivity contribution is 7.78. The largest absolute Gasteiger partial charge is 0.363 e. The summed E-state index contributed by atoms with van der Waals surface area (Å²) in [4.78, 5) is 1.93. The van der Waals surface area contributed by atoms with Crippen LogP contribution < -0.4 is 0 Å². The second-order valence-corrected chi connectivity index (χ2v) is 3.23. The minimum atomic E-state index is 0.804. The van der Waals surface area contributed by atoms with E-state index >= 15 is 0 Å². The summed E-state index contributed by atoms with van der Waals surface area (Å²) in [6.07, 6.45) is 2.50. The standard InChI is InChI=1S/C8H16NS/c1-8(2)5-4-6-9(3)7-10/h8H,4-6H2,1-3H3. The minimum Gasteiger partial charge on any atom is -0.363 e. The Morgan fingerprint density at radius 3 is 2.50 bits per heavy atom. The van der Waals surface area contributed by atoms with Crippen LogP contribution in [0.3, 0.4) is 0 Å². The van der Waals surface area contributed by atoms with E-state index in [0.717, 1.165) is 12.5 Å². The molecule has 0 amide bonds. The van der Waals surface area contributed by atoms with Crippen LogP contribution >= 0.6 is 12.2 Å². The van der Waals surface area contributed by atoms with Gasteiger partial charge in [0.25, 0.3) is 0 Å². The maximum Gasteiger partial charge on any atom is 0.136 e. The fraction of sp³-hybridized carbons (Fsp3) is 0.875. The molecule has 1 radical (unpaired) electrons. The highest BCUT2D eigenvalue weighted by Crippen LogP contribution is 2.02. The quantitative estimate of drug-likeness (QED) is 0.446. The number of hydrogen-bond acceptors (Lipinski definition) is 1. The zero-order valence-electron chi connectivity index (χ0n) is 7.05. The summed E-state index contributed by atoms with van der Waals surface area (Å²) in [5, 5.41) is 0. The van der Waals surface area contributed by atoms with Gasteiger partial charge < -0.3 is 4.90 Å². The molecule has 0 aliphatic heterocycles. The van der Waals surface area contributed by atoms with Crippen LogP contribution in [-0.2, 0) is 0 Å². The van der Waals surface area contributed by atoms with Gasteiger partial charge in [0.05, 0.1) is 0 Å². The normalized spacial score (nSPS) is 10.0. The van der Waals surface area contributed by atoms with Gasteiger partial charge in [-0.1, -0.05) is 26.1 Å². The Labute approximate surface area is 69.4 Å². The van der Waals surface area contributed by atoms with Gasteiger partial charge in [0.1, 0.15) is 5.49 Å². The van der Waals surface area contributed by atoms with E-state index in [-0.39, 0.29) is 0 Å². The molecule has 59 valence electrons. The molecule has 0 aliphatic rings. The molecule has 10 heavy (non-hydrogen) atoms. The lowest BCUT2D eigenvalue weighted by Crippen LogP contribution is -2.16. The Hall–Kier alpha value is -0.110. The monoisotopic (exact) mass is 158 g/mol. The SMILES string of the molecule is CC(C)CCCN(C)[C]=S. The van der Waals surface area contributed by atoms with Crippen LogP contribution in [0.25, 0.3) is 0 Å². The summed E-state index contributed by atoms with van der Waals surface area (Å²) < 4.78 is 0. The molecule has 2 heteroatoms. The van der Waals surface area contributed by atoms with Gasteiger partial charge in [0, 0.05) is 13.6 Å². The molecule has 0 heterocycles. The fourth-order valence-electron chi connectivity index (χ4n) is 0.782. The van der Waals surface area contributed by atoms with E-state index in [1.807, 2.05) is 11.9 Å². The van der Waals surface area contributed by atoms with Crippen molar-refractivity contribution in [3.8, 4) is 0 Å². The fourth-order valence-corrected chi connectivity index (χ4v) is 0.874. The van der Waals surface area contributed by atoms with Gasteiger partial charge in [-0.2, -0.15) is 0 Å². The molecule has 0 fully saturated rings. The lowest BCUT2D eigenvalue weighted by atomic mass is 10.1. The van der Waals surface area contributed by atoms with Gasteiger partial charge in [-0.05, 0) is 18.8 Å². The van der Waals surface area contributed by atoms with Crippen LogP contribution in [0.4, 0.5) is 0 Å². The third-order valence-corrected chi connectivity index (χ3v) is 1.74. The Bertz CT molecular complexity index is 91.3. The lowest BCUT2D eigenvalue weighted by molar-refractivity contribution is 0.457. The van der Waals surface area contributed by atoms with Crippen LogP contribution in [0.15, 0.2) is 0 Å². The molecule has 0 saturated carbocycles. The molecular weight excluding hydrogens is 142 g/mol. The molecule has 0 rings (SSSR count). The van der Waals surface area contributed by atoms with E-state index in [1.54, 1.807) is 0 Å². The van der Waals surface area contributed by atoms with Crippen molar-refractivity contribution in [1.82, 2.24) is 4.90 Å². The Balaban J connectivity index is 3.11. The number of thiocarbonyl (C=S) groups is 1. The van der Waals surface area contributed by atoms with E-state index < -0.39 is 0 Å². The summed E-state index contributed by atoms with van der Waals surface area (Å²) in [5.74, 6) is 0.804. The van der Waals surface area contributed by atoms with Crippen LogP contribution in [0.5, 0.6) is 0 Å². The van der Waals surface area contributed by atoms with Crippen molar-refractivity contribution in [1.29, 1.82) is 0 Å². The van der Waals surface area contributed by atoms with Crippen LogP contribution in [0.2, 0.25) is 0 Å². The molecule has 1 nitrogen and oxygen atoms in total. The van der Waals surface area contributed by atoms with E-state index in [1.165, 1.54) is 12.8 Å². The average Bonchev–Trinajstić information content (AvgIpc) is 1.87. The second kappa shape index (κ2) is 5.66. The summed E-state index contributed by atoms with van der Waals surface area (Å²) in [7, 11) is 1.97. The van der Waals surface area contributed by atoms with E-state index in [4.69, 9.17) is 0 Å². The summed E-state index contributed by atoms with van der Waals surface area (Å²) in [6.45, 7) is 5.52. The minimum absolute atomic E-state index is 0.804. The van der Waals surface area contributed by atoms with Gasteiger partial charge in [0.15, 0.2) is 0 Å². The highest BCUT2D eigenvalue weighted by atomic mass is 32.1. The van der Waals surface area contributed by atoms with Crippen molar-refractivity contribution in [2.24, 2.45) is 5.92 Å². The molecule has 0 aromatic rings. The summed E-state index contributed by atoms with van der Waals surface area (Å²) in [5.41, 5.74) is 2.66. The van der Waals surface area contributed by atoms with Crippen LogP contribution in [0.1, 0.15) is 26.7 Å². The van der Waals surface area contributed by atoms with E-state index in [9.17, 15) is 0 Å². The first kappa shape index (κ1) is 9.89. The third-order valence-electron chi connectivity index (χ3n) is 1.43. The van der Waals surface area contributed by atoms with Crippen LogP contribution in [-0.4, -0.2) is 24.0 Å². The highest BCUT2D eigenvalue weighted by Gasteiger charge is 1.95. The lowest BCUT2D eigenvalue weighted by Gasteiger charge is -2.11. The molecule has 0 saturated heterocycles. The zero-order chi connectivity index (χ0) is 7.98. The molecular formula is C8H16NS.